The number of benzene rings is 3. The van der Waals surface area contributed by atoms with Gasteiger partial charge in [0.2, 0.25) is 0 Å². The summed E-state index contributed by atoms with van der Waals surface area (Å²) in [6.45, 7) is 0. The number of halogens is 3. The monoisotopic (exact) mass is 470 g/mol. The molecule has 11 heteroatoms. The number of methoxy groups -OCH3 is 2. The highest BCUT2D eigenvalue weighted by molar-refractivity contribution is 5.93. The van der Waals surface area contributed by atoms with E-state index in [0.29, 0.717) is 22.6 Å². The zero-order valence-corrected chi connectivity index (χ0v) is 17.9. The summed E-state index contributed by atoms with van der Waals surface area (Å²) in [5.74, 6) is 1.26. The van der Waals surface area contributed by atoms with Crippen molar-refractivity contribution in [1.29, 1.82) is 0 Å². The van der Waals surface area contributed by atoms with E-state index in [4.69, 9.17) is 9.47 Å². The van der Waals surface area contributed by atoms with E-state index < -0.39 is 16.7 Å². The van der Waals surface area contributed by atoms with Crippen LogP contribution in [0.1, 0.15) is 5.56 Å². The molecular weight excluding hydrogens is 453 g/mol. The molecule has 8 nitrogen and oxygen atoms in total. The van der Waals surface area contributed by atoms with Crippen molar-refractivity contribution in [1.82, 2.24) is 9.97 Å². The van der Waals surface area contributed by atoms with Crippen molar-refractivity contribution in [3.05, 3.63) is 76.3 Å². The van der Waals surface area contributed by atoms with E-state index in [-0.39, 0.29) is 28.4 Å². The number of non-ortho nitro benzene ring substituents is 1. The van der Waals surface area contributed by atoms with E-state index in [1.807, 2.05) is 0 Å². The summed E-state index contributed by atoms with van der Waals surface area (Å²) < 4.78 is 50.1. The lowest BCUT2D eigenvalue weighted by Crippen LogP contribution is -2.06. The molecule has 4 rings (SSSR count). The number of hydrogen-bond donors (Lipinski definition) is 1. The smallest absolute Gasteiger partial charge is 0.416 e. The van der Waals surface area contributed by atoms with Gasteiger partial charge in [-0.25, -0.2) is 9.97 Å². The molecule has 1 N–H and O–H groups in total. The van der Waals surface area contributed by atoms with Crippen LogP contribution in [0.15, 0.2) is 60.7 Å². The molecule has 3 aromatic carbocycles. The molecule has 0 aliphatic carbocycles. The molecule has 0 radical (unpaired) electrons. The van der Waals surface area contributed by atoms with Gasteiger partial charge in [-0.1, -0.05) is 6.07 Å². The van der Waals surface area contributed by atoms with Gasteiger partial charge >= 0.3 is 6.18 Å². The molecule has 0 atom stereocenters. The zero-order chi connectivity index (χ0) is 24.5. The second kappa shape index (κ2) is 8.85. The van der Waals surface area contributed by atoms with E-state index in [0.717, 1.165) is 12.1 Å². The number of rotatable bonds is 6. The molecule has 0 aliphatic heterocycles. The average Bonchev–Trinajstić information content (AvgIpc) is 2.82. The standard InChI is InChI=1S/C23H17F3N4O4/c1-33-19-9-6-13(10-20(19)34-2)21-28-18-8-7-16(30(31)32)12-17(18)22(29-21)27-15-5-3-4-14(11-15)23(24,25)26/h3-12H,1-2H3,(H,27,28,29). The normalized spacial score (nSPS) is 11.3. The first-order valence-electron chi connectivity index (χ1n) is 9.82. The highest BCUT2D eigenvalue weighted by Crippen LogP contribution is 2.35. The zero-order valence-electron chi connectivity index (χ0n) is 17.9. The van der Waals surface area contributed by atoms with Crippen molar-refractivity contribution in [2.75, 3.05) is 19.5 Å². The van der Waals surface area contributed by atoms with Gasteiger partial charge < -0.3 is 14.8 Å². The van der Waals surface area contributed by atoms with Crippen LogP contribution in [-0.2, 0) is 6.18 Å². The minimum atomic E-state index is -4.53. The number of nitrogens with zero attached hydrogens (tertiary/aromatic N) is 3. The van der Waals surface area contributed by atoms with Crippen LogP contribution < -0.4 is 14.8 Å². The van der Waals surface area contributed by atoms with Crippen molar-refractivity contribution in [3.8, 4) is 22.9 Å². The van der Waals surface area contributed by atoms with Gasteiger partial charge in [-0.15, -0.1) is 0 Å². The molecule has 0 spiro atoms. The van der Waals surface area contributed by atoms with Crippen LogP contribution in [0.4, 0.5) is 30.4 Å². The van der Waals surface area contributed by atoms with Crippen LogP contribution >= 0.6 is 0 Å². The Balaban J connectivity index is 1.88. The Morgan fingerprint density at radius 2 is 1.71 bits per heavy atom. The molecular formula is C23H17F3N4O4. The van der Waals surface area contributed by atoms with Crippen LogP contribution in [-0.4, -0.2) is 29.1 Å². The third-order valence-electron chi connectivity index (χ3n) is 4.98. The number of aromatic nitrogens is 2. The Bertz CT molecular complexity index is 1390. The van der Waals surface area contributed by atoms with Crippen molar-refractivity contribution >= 4 is 28.1 Å². The third kappa shape index (κ3) is 4.53. The van der Waals surface area contributed by atoms with Crippen LogP contribution in [0.25, 0.3) is 22.3 Å². The van der Waals surface area contributed by atoms with Crippen LogP contribution in [0.2, 0.25) is 0 Å². The predicted molar refractivity (Wildman–Crippen MR) is 119 cm³/mol. The minimum Gasteiger partial charge on any atom is -0.493 e. The Morgan fingerprint density at radius 3 is 2.38 bits per heavy atom. The maximum absolute atomic E-state index is 13.2. The molecule has 0 fully saturated rings. The fourth-order valence-electron chi connectivity index (χ4n) is 3.34. The second-order valence-corrected chi connectivity index (χ2v) is 7.13. The van der Waals surface area contributed by atoms with Gasteiger partial charge in [0.15, 0.2) is 17.3 Å². The first-order chi connectivity index (χ1) is 16.2. The van der Waals surface area contributed by atoms with Gasteiger partial charge in [0.25, 0.3) is 5.69 Å². The lowest BCUT2D eigenvalue weighted by molar-refractivity contribution is -0.384. The van der Waals surface area contributed by atoms with Gasteiger partial charge in [0, 0.05) is 28.8 Å². The molecule has 4 aromatic rings. The number of alkyl halides is 3. The summed E-state index contributed by atoms with van der Waals surface area (Å²) in [6, 6.07) is 13.6. The van der Waals surface area contributed by atoms with Gasteiger partial charge in [-0.2, -0.15) is 13.2 Å². The molecule has 34 heavy (non-hydrogen) atoms. The second-order valence-electron chi connectivity index (χ2n) is 7.13. The summed E-state index contributed by atoms with van der Waals surface area (Å²) in [5.41, 5.74) is -0.0338. The fraction of sp³-hybridized carbons (Fsp3) is 0.130. The largest absolute Gasteiger partial charge is 0.493 e. The molecule has 0 saturated heterocycles. The number of nitrogens with one attached hydrogen (secondary N) is 1. The van der Waals surface area contributed by atoms with Crippen molar-refractivity contribution < 1.29 is 27.6 Å². The molecule has 1 heterocycles. The van der Waals surface area contributed by atoms with Gasteiger partial charge in [-0.05, 0) is 42.5 Å². The number of nitro groups is 1. The van der Waals surface area contributed by atoms with Crippen molar-refractivity contribution in [2.45, 2.75) is 6.18 Å². The number of fused-ring (bicyclic) bond motifs is 1. The summed E-state index contributed by atoms with van der Waals surface area (Å²) in [7, 11) is 2.97. The maximum Gasteiger partial charge on any atom is 0.416 e. The van der Waals surface area contributed by atoms with Crippen LogP contribution in [0.5, 0.6) is 11.5 Å². The number of hydrogen-bond acceptors (Lipinski definition) is 7. The molecule has 0 saturated carbocycles. The fourth-order valence-corrected chi connectivity index (χ4v) is 3.34. The van der Waals surface area contributed by atoms with Crippen molar-refractivity contribution in [2.24, 2.45) is 0 Å². The molecule has 0 aliphatic rings. The Kier molecular flexibility index (Phi) is 5.93. The lowest BCUT2D eigenvalue weighted by atomic mass is 10.1. The third-order valence-corrected chi connectivity index (χ3v) is 4.98. The number of nitro benzene ring substituents is 1. The number of ether oxygens (including phenoxy) is 2. The predicted octanol–water partition coefficient (Wildman–Crippen LogP) is 5.98. The quantitative estimate of drug-likeness (QED) is 0.273. The van der Waals surface area contributed by atoms with E-state index in [9.17, 15) is 23.3 Å². The summed E-state index contributed by atoms with van der Waals surface area (Å²) in [4.78, 5) is 19.7. The maximum atomic E-state index is 13.2. The van der Waals surface area contributed by atoms with Crippen molar-refractivity contribution in [3.63, 3.8) is 0 Å². The van der Waals surface area contributed by atoms with Gasteiger partial charge in [0.05, 0.1) is 30.2 Å². The summed E-state index contributed by atoms with van der Waals surface area (Å²) >= 11 is 0. The molecule has 0 unspecified atom stereocenters. The SMILES string of the molecule is COc1ccc(-c2nc(Nc3cccc(C(F)(F)F)c3)c3cc([N+](=O)[O-])ccc3n2)cc1OC. The topological polar surface area (TPSA) is 99.4 Å². The Morgan fingerprint density at radius 1 is 0.941 bits per heavy atom. The summed E-state index contributed by atoms with van der Waals surface area (Å²) in [5, 5.41) is 14.4. The number of anilines is 2. The Labute approximate surface area is 191 Å². The molecule has 0 bridgehead atoms. The van der Waals surface area contributed by atoms with Gasteiger partial charge in [0.1, 0.15) is 5.82 Å². The highest BCUT2D eigenvalue weighted by atomic mass is 19.4. The lowest BCUT2D eigenvalue weighted by Gasteiger charge is -2.14. The minimum absolute atomic E-state index is 0.109. The first-order valence-corrected chi connectivity index (χ1v) is 9.82. The van der Waals surface area contributed by atoms with E-state index in [1.54, 1.807) is 18.2 Å². The van der Waals surface area contributed by atoms with E-state index >= 15 is 0 Å². The van der Waals surface area contributed by atoms with E-state index in [1.165, 1.54) is 44.6 Å². The Hall–Kier alpha value is -4.41. The van der Waals surface area contributed by atoms with Crippen LogP contribution in [0, 0.1) is 10.1 Å². The summed E-state index contributed by atoms with van der Waals surface area (Å²) in [6.07, 6.45) is -4.53. The first kappa shape index (κ1) is 22.8. The molecule has 1 aromatic heterocycles. The molecule has 0 amide bonds. The average molecular weight is 470 g/mol. The molecule has 174 valence electrons. The van der Waals surface area contributed by atoms with E-state index in [2.05, 4.69) is 15.3 Å². The van der Waals surface area contributed by atoms with Crippen LogP contribution in [0.3, 0.4) is 0 Å². The highest BCUT2D eigenvalue weighted by Gasteiger charge is 2.30. The van der Waals surface area contributed by atoms with Gasteiger partial charge in [-0.3, -0.25) is 10.1 Å².